The summed E-state index contributed by atoms with van der Waals surface area (Å²) < 4.78 is 332. The molecule has 0 aliphatic heterocycles. The van der Waals surface area contributed by atoms with E-state index in [4.69, 9.17) is 34.6 Å². The van der Waals surface area contributed by atoms with Gasteiger partial charge < -0.3 is 13.9 Å². The number of aromatic nitrogens is 1. The summed E-state index contributed by atoms with van der Waals surface area (Å²) in [7, 11) is 0. The summed E-state index contributed by atoms with van der Waals surface area (Å²) in [6, 6.07) is -39.4. The van der Waals surface area contributed by atoms with Gasteiger partial charge in [0.1, 0.15) is 11.2 Å². The number of para-hydroxylation sites is 5. The zero-order chi connectivity index (χ0) is 69.0. The molecule has 0 spiro atoms. The number of rotatable bonds is 7. The second kappa shape index (κ2) is 13.6. The Bertz CT molecular complexity index is 5170. The lowest BCUT2D eigenvalue weighted by Crippen LogP contribution is -2.09. The fourth-order valence-corrected chi connectivity index (χ4v) is 6.14. The predicted octanol–water partition coefficient (Wildman–Crippen LogP) is 15.2. The Morgan fingerprint density at radius 1 is 0.351 bits per heavy atom. The van der Waals surface area contributed by atoms with Gasteiger partial charge in [-0.15, -0.1) is 0 Å². The lowest BCUT2D eigenvalue weighted by molar-refractivity contribution is 0.670. The highest BCUT2D eigenvalue weighted by Gasteiger charge is 2.18. The molecule has 11 aromatic rings. The van der Waals surface area contributed by atoms with E-state index in [0.29, 0.717) is 4.57 Å². The van der Waals surface area contributed by atoms with Gasteiger partial charge in [-0.2, -0.15) is 0 Å². The highest BCUT2D eigenvalue weighted by molar-refractivity contribution is 6.10. The van der Waals surface area contributed by atoms with E-state index in [-0.39, 0.29) is 4.90 Å². The van der Waals surface area contributed by atoms with Crippen molar-refractivity contribution in [2.75, 3.05) is 4.90 Å². The molecule has 11 rings (SSSR count). The molecule has 2 aromatic heterocycles. The third kappa shape index (κ3) is 5.60. The minimum atomic E-state index is -1.44. The highest BCUT2D eigenvalue weighted by atomic mass is 16.3. The van der Waals surface area contributed by atoms with Gasteiger partial charge in [-0.1, -0.05) is 157 Å². The van der Waals surface area contributed by atoms with Crippen molar-refractivity contribution in [1.29, 1.82) is 0 Å². The zero-order valence-corrected chi connectivity index (χ0v) is 28.3. The number of hydrogen-bond acceptors (Lipinski definition) is 2. The predicted molar refractivity (Wildman–Crippen MR) is 239 cm³/mol. The Balaban J connectivity index is 1.30. The van der Waals surface area contributed by atoms with Gasteiger partial charge in [0.25, 0.3) is 0 Å². The molecule has 268 valence electrons. The number of furan rings is 1. The van der Waals surface area contributed by atoms with Gasteiger partial charge in [-0.25, -0.2) is 0 Å². The van der Waals surface area contributed by atoms with Crippen LogP contribution in [0.15, 0.2) is 222 Å². The van der Waals surface area contributed by atoms with Gasteiger partial charge in [0.2, 0.25) is 0 Å². The first-order chi connectivity index (χ1) is 43.3. The SMILES string of the molecule is [2H]c1c([2H])c([2H])c(-c2c([2H])c([2H])c(N(c3c([2H])c([2H])c(-c4c([2H])c([2H])c([2H])c([2H])c4-n4c5c([2H])c([2H])c([2H])c([2H])c5c5c([2H])c([2H])c([2H])c([2H])c54)c([2H])c3[2H])c3c([2H])c([2H])c(-c4c([2H])c([2H])c([2H])c5c4oc4c([2H])c([2H])c([2H])c([2H])c45)c([2H])c3[2H])c([2H])c2[2H])c([2H])c1[2H]. The van der Waals surface area contributed by atoms with E-state index in [2.05, 4.69) is 0 Å². The molecule has 0 unspecified atom stereocenters. The van der Waals surface area contributed by atoms with E-state index in [0.717, 1.165) is 0 Å². The molecule has 57 heavy (non-hydrogen) atoms. The molecule has 0 aliphatic rings. The topological polar surface area (TPSA) is 21.3 Å². The van der Waals surface area contributed by atoms with E-state index >= 15 is 0 Å². The third-order valence-corrected chi connectivity index (χ3v) is 8.62. The number of hydrogen-bond donors (Lipinski definition) is 0. The average Bonchev–Trinajstić information content (AvgIpc) is 1.64. The normalized spacial score (nSPS) is 20.4. The first-order valence-corrected chi connectivity index (χ1v) is 16.5. The lowest BCUT2D eigenvalue weighted by Gasteiger charge is -2.26. The van der Waals surface area contributed by atoms with Crippen molar-refractivity contribution in [3.8, 4) is 39.1 Å². The average molecular weight is 765 g/mol. The third-order valence-electron chi connectivity index (χ3n) is 8.62. The molecular formula is C54H36N2O. The highest BCUT2D eigenvalue weighted by Crippen LogP contribution is 2.41. The maximum absolute atomic E-state index is 9.85. The van der Waals surface area contributed by atoms with Crippen molar-refractivity contribution in [3.05, 3.63) is 218 Å². The molecule has 9 aromatic carbocycles. The van der Waals surface area contributed by atoms with Gasteiger partial charge in [0.05, 0.1) is 66.1 Å². The molecule has 0 atom stereocenters. The van der Waals surface area contributed by atoms with Crippen molar-refractivity contribution in [1.82, 2.24) is 4.57 Å². The fourth-order valence-electron chi connectivity index (χ4n) is 6.14. The number of nitrogens with zero attached hydrogens (tertiary/aromatic N) is 2. The van der Waals surface area contributed by atoms with Gasteiger partial charge >= 0.3 is 0 Å². The van der Waals surface area contributed by atoms with Crippen LogP contribution >= 0.6 is 0 Å². The first-order valence-electron chi connectivity index (χ1n) is 34.5. The second-order valence-corrected chi connectivity index (χ2v) is 11.8. The molecule has 0 bridgehead atoms. The van der Waals surface area contributed by atoms with Crippen LogP contribution in [0.1, 0.15) is 49.3 Å². The molecule has 0 radical (unpaired) electrons. The van der Waals surface area contributed by atoms with Crippen LogP contribution in [0.25, 0.3) is 82.8 Å². The van der Waals surface area contributed by atoms with E-state index in [9.17, 15) is 19.2 Å². The van der Waals surface area contributed by atoms with Gasteiger partial charge in [0.15, 0.2) is 0 Å². The van der Waals surface area contributed by atoms with Crippen molar-refractivity contribution in [2.45, 2.75) is 0 Å². The Morgan fingerprint density at radius 3 is 1.46 bits per heavy atom. The van der Waals surface area contributed by atoms with Crippen molar-refractivity contribution in [2.24, 2.45) is 0 Å². The summed E-state index contributed by atoms with van der Waals surface area (Å²) in [5, 5.41) is -2.22. The summed E-state index contributed by atoms with van der Waals surface area (Å²) in [4.78, 5) is 0.216. The molecule has 2 heterocycles. The van der Waals surface area contributed by atoms with E-state index in [1.807, 2.05) is 0 Å². The fraction of sp³-hybridized carbons (Fsp3) is 0. The first kappa shape index (κ1) is 12.7. The maximum Gasteiger partial charge on any atom is 0.143 e. The van der Waals surface area contributed by atoms with E-state index in [1.54, 1.807) is 0 Å². The summed E-state index contributed by atoms with van der Waals surface area (Å²) in [6.45, 7) is 0. The smallest absolute Gasteiger partial charge is 0.143 e. The zero-order valence-electron chi connectivity index (χ0n) is 64.3. The summed E-state index contributed by atoms with van der Waals surface area (Å²) >= 11 is 0. The minimum absolute atomic E-state index is 0.216. The Kier molecular flexibility index (Phi) is 3.03. The van der Waals surface area contributed by atoms with Gasteiger partial charge in [-0.05, 0) is 82.7 Å². The van der Waals surface area contributed by atoms with Crippen molar-refractivity contribution in [3.63, 3.8) is 0 Å². The van der Waals surface area contributed by atoms with Crippen LogP contribution in [-0.2, 0) is 0 Å². The molecule has 0 saturated carbocycles. The Morgan fingerprint density at radius 2 is 0.807 bits per heavy atom. The van der Waals surface area contributed by atoms with Crippen LogP contribution in [0.3, 0.4) is 0 Å². The van der Waals surface area contributed by atoms with Gasteiger partial charge in [-0.3, -0.25) is 0 Å². The largest absolute Gasteiger partial charge is 0.455 e. The molecule has 0 N–H and O–H groups in total. The van der Waals surface area contributed by atoms with Crippen LogP contribution in [0.4, 0.5) is 17.1 Å². The number of anilines is 3. The van der Waals surface area contributed by atoms with Crippen LogP contribution < -0.4 is 4.90 Å². The monoisotopic (exact) mass is 765 g/mol. The van der Waals surface area contributed by atoms with Crippen LogP contribution in [0, 0.1) is 0 Å². The molecular weight excluding hydrogens is 693 g/mol. The number of fused-ring (bicyclic) bond motifs is 6. The minimum Gasteiger partial charge on any atom is -0.455 e. The van der Waals surface area contributed by atoms with Crippen molar-refractivity contribution >= 4 is 60.8 Å². The van der Waals surface area contributed by atoms with E-state index in [1.165, 1.54) is 0 Å². The maximum atomic E-state index is 9.85. The molecule has 0 aliphatic carbocycles. The second-order valence-electron chi connectivity index (χ2n) is 11.8. The quantitative estimate of drug-likeness (QED) is 0.161. The lowest BCUT2D eigenvalue weighted by atomic mass is 10.0. The molecule has 0 fully saturated rings. The Hall–Kier alpha value is -7.62. The Labute approximate surface area is 381 Å². The molecule has 3 heteroatoms. The van der Waals surface area contributed by atoms with E-state index < -0.39 is 317 Å². The van der Waals surface area contributed by atoms with Crippen LogP contribution in [-0.4, -0.2) is 4.57 Å². The molecule has 3 nitrogen and oxygen atoms in total. The molecule has 0 saturated heterocycles. The summed E-state index contributed by atoms with van der Waals surface area (Å²) in [6.07, 6.45) is 0. The van der Waals surface area contributed by atoms with Crippen LogP contribution in [0.5, 0.6) is 0 Å². The summed E-state index contributed by atoms with van der Waals surface area (Å²) in [5.41, 5.74) is -13.4. The van der Waals surface area contributed by atoms with Gasteiger partial charge in [0, 0.05) is 49.7 Å². The standard InChI is InChI=1S/C54H36N2O/c1-2-13-37(14-3-1)38-25-31-41(32-26-38)55(43-35-29-40(30-36-43)45-19-12-20-49-48-18-7-11-24-53(48)57-54(45)49)42-33-27-39(28-34-42)44-15-4-8-21-50(44)56-51-22-9-5-16-46(51)47-17-6-10-23-52(47)56/h1-36H/i1D,2D,3D,4D,5D,6D,7D,8D,9D,10D,11D,12D,13D,14D,15D,16D,17D,18D,19D,20D,21D,22D,23D,24D,25D,26D,27D,28D,29D,30D,31D,32D,33D,34D,35D,36D. The van der Waals surface area contributed by atoms with Crippen LogP contribution in [0.2, 0.25) is 0 Å². The van der Waals surface area contributed by atoms with Crippen molar-refractivity contribution < 1.29 is 53.8 Å². The number of benzene rings is 9. The molecule has 0 amide bonds. The summed E-state index contributed by atoms with van der Waals surface area (Å²) in [5.74, 6) is 0.